The lowest BCUT2D eigenvalue weighted by Gasteiger charge is -2.10. The van der Waals surface area contributed by atoms with Crippen molar-refractivity contribution < 1.29 is 4.39 Å². The molecule has 4 heteroatoms. The number of hydrogen-bond donors (Lipinski definition) is 1. The van der Waals surface area contributed by atoms with Gasteiger partial charge in [0.15, 0.2) is 0 Å². The molecule has 0 spiro atoms. The van der Waals surface area contributed by atoms with Crippen molar-refractivity contribution in [3.63, 3.8) is 0 Å². The highest BCUT2D eigenvalue weighted by Crippen LogP contribution is 2.27. The first-order chi connectivity index (χ1) is 5.95. The molecule has 1 heterocycles. The Morgan fingerprint density at radius 2 is 2.23 bits per heavy atom. The molecule has 0 bridgehead atoms. The van der Waals surface area contributed by atoms with E-state index >= 15 is 0 Å². The van der Waals surface area contributed by atoms with Crippen LogP contribution in [0.25, 0.3) is 0 Å². The SMILES string of the molecule is CNC(C)c1nc(C(C)(C)F)cs1. The average molecular weight is 202 g/mol. The zero-order chi connectivity index (χ0) is 10.1. The average Bonchev–Trinajstić information content (AvgIpc) is 2.50. The van der Waals surface area contributed by atoms with Gasteiger partial charge in [-0.05, 0) is 27.8 Å². The monoisotopic (exact) mass is 202 g/mol. The Labute approximate surface area is 82.2 Å². The minimum Gasteiger partial charge on any atom is -0.311 e. The van der Waals surface area contributed by atoms with Crippen molar-refractivity contribution in [3.8, 4) is 0 Å². The number of alkyl halides is 1. The van der Waals surface area contributed by atoms with Gasteiger partial charge in [-0.2, -0.15) is 0 Å². The molecule has 1 N–H and O–H groups in total. The second kappa shape index (κ2) is 3.72. The predicted molar refractivity (Wildman–Crippen MR) is 53.7 cm³/mol. The van der Waals surface area contributed by atoms with E-state index in [0.29, 0.717) is 5.69 Å². The maximum absolute atomic E-state index is 13.4. The van der Waals surface area contributed by atoms with Crippen LogP contribution in [0.5, 0.6) is 0 Å². The van der Waals surface area contributed by atoms with Crippen LogP contribution in [-0.2, 0) is 5.67 Å². The summed E-state index contributed by atoms with van der Waals surface area (Å²) in [5.41, 5.74) is -0.808. The number of nitrogens with zero attached hydrogens (tertiary/aromatic N) is 1. The summed E-state index contributed by atoms with van der Waals surface area (Å²) in [6.07, 6.45) is 0. The van der Waals surface area contributed by atoms with E-state index in [0.717, 1.165) is 5.01 Å². The molecule has 0 aliphatic rings. The van der Waals surface area contributed by atoms with Crippen LogP contribution in [-0.4, -0.2) is 12.0 Å². The van der Waals surface area contributed by atoms with Gasteiger partial charge < -0.3 is 5.32 Å². The van der Waals surface area contributed by atoms with Crippen molar-refractivity contribution in [1.29, 1.82) is 0 Å². The van der Waals surface area contributed by atoms with Crippen LogP contribution >= 0.6 is 11.3 Å². The molecule has 0 fully saturated rings. The first-order valence-corrected chi connectivity index (χ1v) is 5.15. The molecule has 0 aromatic carbocycles. The Bertz CT molecular complexity index is 277. The lowest BCUT2D eigenvalue weighted by Crippen LogP contribution is -2.14. The number of aromatic nitrogens is 1. The van der Waals surface area contributed by atoms with Crippen molar-refractivity contribution in [2.24, 2.45) is 0 Å². The molecule has 1 rings (SSSR count). The minimum atomic E-state index is -1.33. The van der Waals surface area contributed by atoms with Gasteiger partial charge in [-0.1, -0.05) is 0 Å². The summed E-state index contributed by atoms with van der Waals surface area (Å²) < 4.78 is 13.4. The molecule has 1 unspecified atom stereocenters. The minimum absolute atomic E-state index is 0.195. The van der Waals surface area contributed by atoms with Gasteiger partial charge >= 0.3 is 0 Å². The van der Waals surface area contributed by atoms with E-state index in [2.05, 4.69) is 10.3 Å². The fourth-order valence-corrected chi connectivity index (χ4v) is 1.92. The molecule has 1 aromatic rings. The molecule has 2 nitrogen and oxygen atoms in total. The lowest BCUT2D eigenvalue weighted by atomic mass is 10.1. The van der Waals surface area contributed by atoms with Crippen LogP contribution in [0.1, 0.15) is 37.5 Å². The third kappa shape index (κ3) is 2.48. The molecular weight excluding hydrogens is 187 g/mol. The molecule has 13 heavy (non-hydrogen) atoms. The van der Waals surface area contributed by atoms with Gasteiger partial charge in [0.1, 0.15) is 10.7 Å². The molecule has 1 atom stereocenters. The molecule has 0 amide bonds. The van der Waals surface area contributed by atoms with Crippen LogP contribution in [0.2, 0.25) is 0 Å². The quantitative estimate of drug-likeness (QED) is 0.815. The van der Waals surface area contributed by atoms with E-state index in [1.807, 2.05) is 14.0 Å². The van der Waals surface area contributed by atoms with Crippen molar-refractivity contribution in [3.05, 3.63) is 16.1 Å². The first kappa shape index (κ1) is 10.6. The summed E-state index contributed by atoms with van der Waals surface area (Å²) in [6.45, 7) is 5.06. The zero-order valence-corrected chi connectivity index (χ0v) is 9.20. The van der Waals surface area contributed by atoms with Gasteiger partial charge in [0.05, 0.1) is 11.7 Å². The van der Waals surface area contributed by atoms with E-state index in [4.69, 9.17) is 0 Å². The molecule has 0 aliphatic carbocycles. The normalized spacial score (nSPS) is 14.5. The van der Waals surface area contributed by atoms with E-state index in [1.165, 1.54) is 25.2 Å². The Morgan fingerprint density at radius 1 is 1.62 bits per heavy atom. The fourth-order valence-electron chi connectivity index (χ4n) is 0.883. The molecule has 0 saturated heterocycles. The van der Waals surface area contributed by atoms with Crippen LogP contribution in [0.4, 0.5) is 4.39 Å². The number of rotatable bonds is 3. The summed E-state index contributed by atoms with van der Waals surface area (Å²) in [5.74, 6) is 0. The van der Waals surface area contributed by atoms with E-state index in [-0.39, 0.29) is 6.04 Å². The maximum atomic E-state index is 13.4. The molecule has 1 aromatic heterocycles. The smallest absolute Gasteiger partial charge is 0.148 e. The van der Waals surface area contributed by atoms with Crippen molar-refractivity contribution in [2.75, 3.05) is 7.05 Å². The Hall–Kier alpha value is -0.480. The van der Waals surface area contributed by atoms with E-state index in [9.17, 15) is 4.39 Å². The third-order valence-corrected chi connectivity index (χ3v) is 2.96. The Balaban J connectivity index is 2.87. The van der Waals surface area contributed by atoms with Crippen LogP contribution in [0, 0.1) is 0 Å². The number of halogens is 1. The topological polar surface area (TPSA) is 24.9 Å². The first-order valence-electron chi connectivity index (χ1n) is 4.27. The lowest BCUT2D eigenvalue weighted by molar-refractivity contribution is 0.215. The second-order valence-corrected chi connectivity index (χ2v) is 4.44. The van der Waals surface area contributed by atoms with Crippen LogP contribution in [0.15, 0.2) is 5.38 Å². The van der Waals surface area contributed by atoms with Crippen molar-refractivity contribution in [1.82, 2.24) is 10.3 Å². The second-order valence-electron chi connectivity index (χ2n) is 3.55. The van der Waals surface area contributed by atoms with Gasteiger partial charge in [-0.3, -0.25) is 0 Å². The molecule has 74 valence electrons. The highest BCUT2D eigenvalue weighted by molar-refractivity contribution is 7.09. The molecule has 0 aliphatic heterocycles. The Morgan fingerprint density at radius 3 is 2.62 bits per heavy atom. The number of nitrogens with one attached hydrogen (secondary N) is 1. The summed E-state index contributed by atoms with van der Waals surface area (Å²) in [4.78, 5) is 4.23. The molecule has 0 saturated carbocycles. The predicted octanol–water partition coefficient (Wildman–Crippen LogP) is 2.63. The van der Waals surface area contributed by atoms with Gasteiger partial charge in [-0.15, -0.1) is 11.3 Å². The Kier molecular flexibility index (Phi) is 3.03. The fraction of sp³-hybridized carbons (Fsp3) is 0.667. The van der Waals surface area contributed by atoms with E-state index < -0.39 is 5.67 Å². The third-order valence-electron chi connectivity index (χ3n) is 1.93. The van der Waals surface area contributed by atoms with Crippen LogP contribution in [0.3, 0.4) is 0 Å². The zero-order valence-electron chi connectivity index (χ0n) is 8.39. The van der Waals surface area contributed by atoms with E-state index in [1.54, 1.807) is 5.38 Å². The maximum Gasteiger partial charge on any atom is 0.148 e. The van der Waals surface area contributed by atoms with Crippen molar-refractivity contribution in [2.45, 2.75) is 32.5 Å². The molecular formula is C9H15FN2S. The van der Waals surface area contributed by atoms with Gasteiger partial charge in [-0.25, -0.2) is 9.37 Å². The summed E-state index contributed by atoms with van der Waals surface area (Å²) in [5, 5.41) is 5.79. The van der Waals surface area contributed by atoms with Gasteiger partial charge in [0.2, 0.25) is 0 Å². The number of hydrogen-bond acceptors (Lipinski definition) is 3. The van der Waals surface area contributed by atoms with Crippen molar-refractivity contribution >= 4 is 11.3 Å². The van der Waals surface area contributed by atoms with Crippen LogP contribution < -0.4 is 5.32 Å². The summed E-state index contributed by atoms with van der Waals surface area (Å²) in [6, 6.07) is 0.195. The summed E-state index contributed by atoms with van der Waals surface area (Å²) in [7, 11) is 1.87. The highest BCUT2D eigenvalue weighted by atomic mass is 32.1. The molecule has 0 radical (unpaired) electrons. The number of thiazole rings is 1. The van der Waals surface area contributed by atoms with Gasteiger partial charge in [0, 0.05) is 5.38 Å². The summed E-state index contributed by atoms with van der Waals surface area (Å²) >= 11 is 1.50. The standard InChI is InChI=1S/C9H15FN2S/c1-6(11-4)8-12-7(5-13-8)9(2,3)10/h5-6,11H,1-4H3. The largest absolute Gasteiger partial charge is 0.311 e. The highest BCUT2D eigenvalue weighted by Gasteiger charge is 2.23. The van der Waals surface area contributed by atoms with Gasteiger partial charge in [0.25, 0.3) is 0 Å².